The van der Waals surface area contributed by atoms with E-state index in [2.05, 4.69) is 43.1 Å². The normalized spacial score (nSPS) is 14.4. The number of hydrogen-bond acceptors (Lipinski definition) is 3. The van der Waals surface area contributed by atoms with Gasteiger partial charge in [0, 0.05) is 13.1 Å². The number of hydrogen-bond donors (Lipinski definition) is 2. The molecule has 114 valence electrons. The third-order valence-corrected chi connectivity index (χ3v) is 4.06. The van der Waals surface area contributed by atoms with Gasteiger partial charge in [0.05, 0.1) is 12.1 Å². The summed E-state index contributed by atoms with van der Waals surface area (Å²) in [5, 5.41) is 13.6. The van der Waals surface area contributed by atoms with E-state index < -0.39 is 0 Å². The molecule has 0 bridgehead atoms. The lowest BCUT2D eigenvalue weighted by Crippen LogP contribution is -2.48. The molecule has 0 aliphatic rings. The minimum atomic E-state index is -0.302. The summed E-state index contributed by atoms with van der Waals surface area (Å²) in [6.45, 7) is 10.7. The van der Waals surface area contributed by atoms with Gasteiger partial charge in [0.2, 0.25) is 0 Å². The van der Waals surface area contributed by atoms with E-state index in [4.69, 9.17) is 0 Å². The Labute approximate surface area is 124 Å². The minimum absolute atomic E-state index is 0.142. The van der Waals surface area contributed by atoms with E-state index in [0.29, 0.717) is 0 Å². The lowest BCUT2D eigenvalue weighted by atomic mass is 9.86. The van der Waals surface area contributed by atoms with Gasteiger partial charge in [-0.15, -0.1) is 0 Å². The average Bonchev–Trinajstić information content (AvgIpc) is 2.51. The summed E-state index contributed by atoms with van der Waals surface area (Å²) in [6, 6.07) is 10.3. The summed E-state index contributed by atoms with van der Waals surface area (Å²) in [4.78, 5) is 2.39. The molecule has 1 rings (SSSR count). The molecule has 1 unspecified atom stereocenters. The fraction of sp³-hybridized carbons (Fsp3) is 0.647. The predicted octanol–water partition coefficient (Wildman–Crippen LogP) is 2.61. The number of nitrogens with one attached hydrogen (secondary N) is 1. The molecule has 0 spiro atoms. The van der Waals surface area contributed by atoms with Crippen LogP contribution in [0.25, 0.3) is 0 Å². The highest BCUT2D eigenvalue weighted by Gasteiger charge is 2.29. The molecule has 3 nitrogen and oxygen atoms in total. The Kier molecular flexibility index (Phi) is 7.82. The van der Waals surface area contributed by atoms with E-state index in [0.717, 1.165) is 39.0 Å². The van der Waals surface area contributed by atoms with Crippen molar-refractivity contribution in [3.8, 4) is 0 Å². The molecule has 20 heavy (non-hydrogen) atoms. The third kappa shape index (κ3) is 4.58. The van der Waals surface area contributed by atoms with Crippen molar-refractivity contribution >= 4 is 0 Å². The first kappa shape index (κ1) is 17.2. The molecule has 0 radical (unpaired) electrons. The lowest BCUT2D eigenvalue weighted by Gasteiger charge is -2.34. The van der Waals surface area contributed by atoms with Gasteiger partial charge in [0.15, 0.2) is 0 Å². The Morgan fingerprint density at radius 2 is 1.75 bits per heavy atom. The number of likely N-dealkylation sites (N-methyl/N-ethyl adjacent to an activating group) is 1. The van der Waals surface area contributed by atoms with Crippen molar-refractivity contribution in [1.29, 1.82) is 0 Å². The van der Waals surface area contributed by atoms with Crippen LogP contribution in [-0.2, 0) is 5.54 Å². The van der Waals surface area contributed by atoms with Crippen LogP contribution in [0, 0.1) is 0 Å². The smallest absolute Gasteiger partial charge is 0.0669 e. The average molecular weight is 278 g/mol. The summed E-state index contributed by atoms with van der Waals surface area (Å²) >= 11 is 0. The van der Waals surface area contributed by atoms with Gasteiger partial charge in [0.1, 0.15) is 0 Å². The molecule has 0 aromatic heterocycles. The lowest BCUT2D eigenvalue weighted by molar-refractivity contribution is 0.144. The highest BCUT2D eigenvalue weighted by atomic mass is 16.3. The van der Waals surface area contributed by atoms with Crippen molar-refractivity contribution in [2.45, 2.75) is 39.2 Å². The second-order valence-corrected chi connectivity index (χ2v) is 5.31. The molecule has 0 aliphatic heterocycles. The minimum Gasteiger partial charge on any atom is -0.394 e. The van der Waals surface area contributed by atoms with E-state index in [1.807, 2.05) is 18.2 Å². The standard InChI is InChI=1S/C17H30N2O/c1-4-12-17(15-20,16-10-8-7-9-11-16)18-13-14-19(5-2)6-3/h7-11,18,20H,4-6,12-15H2,1-3H3. The molecule has 0 saturated carbocycles. The maximum atomic E-state index is 9.96. The van der Waals surface area contributed by atoms with Gasteiger partial charge in [-0.3, -0.25) is 0 Å². The first-order valence-corrected chi connectivity index (χ1v) is 7.86. The maximum absolute atomic E-state index is 9.96. The molecule has 0 heterocycles. The SMILES string of the molecule is CCCC(CO)(NCCN(CC)CC)c1ccccc1. The Bertz CT molecular complexity index is 351. The largest absolute Gasteiger partial charge is 0.394 e. The zero-order valence-corrected chi connectivity index (χ0v) is 13.2. The molecule has 0 aliphatic carbocycles. The van der Waals surface area contributed by atoms with Crippen LogP contribution in [-0.4, -0.2) is 42.8 Å². The topological polar surface area (TPSA) is 35.5 Å². The van der Waals surface area contributed by atoms with Gasteiger partial charge in [-0.25, -0.2) is 0 Å². The molecule has 0 amide bonds. The number of aliphatic hydroxyl groups is 1. The first-order valence-electron chi connectivity index (χ1n) is 7.86. The van der Waals surface area contributed by atoms with E-state index >= 15 is 0 Å². The molecule has 0 fully saturated rings. The van der Waals surface area contributed by atoms with E-state index in [1.165, 1.54) is 5.56 Å². The van der Waals surface area contributed by atoms with Crippen LogP contribution in [0.3, 0.4) is 0 Å². The summed E-state index contributed by atoms with van der Waals surface area (Å²) in [6.07, 6.45) is 2.00. The first-order chi connectivity index (χ1) is 9.72. The van der Waals surface area contributed by atoms with Crippen molar-refractivity contribution in [2.75, 3.05) is 32.8 Å². The van der Waals surface area contributed by atoms with Gasteiger partial charge < -0.3 is 15.3 Å². The Morgan fingerprint density at radius 1 is 1.10 bits per heavy atom. The van der Waals surface area contributed by atoms with Crippen LogP contribution in [0.4, 0.5) is 0 Å². The second kappa shape index (κ2) is 9.11. The Balaban J connectivity index is 2.74. The van der Waals surface area contributed by atoms with Crippen LogP contribution in [0.1, 0.15) is 39.2 Å². The summed E-state index contributed by atoms with van der Waals surface area (Å²) in [5.74, 6) is 0. The quantitative estimate of drug-likeness (QED) is 0.690. The monoisotopic (exact) mass is 278 g/mol. The molecule has 0 saturated heterocycles. The van der Waals surface area contributed by atoms with Gasteiger partial charge >= 0.3 is 0 Å². The second-order valence-electron chi connectivity index (χ2n) is 5.31. The van der Waals surface area contributed by atoms with E-state index in [-0.39, 0.29) is 12.1 Å². The van der Waals surface area contributed by atoms with Gasteiger partial charge in [0.25, 0.3) is 0 Å². The van der Waals surface area contributed by atoms with E-state index in [1.54, 1.807) is 0 Å². The highest BCUT2D eigenvalue weighted by molar-refractivity contribution is 5.24. The maximum Gasteiger partial charge on any atom is 0.0669 e. The van der Waals surface area contributed by atoms with Crippen LogP contribution >= 0.6 is 0 Å². The molecule has 1 aromatic carbocycles. The summed E-state index contributed by atoms with van der Waals surface area (Å²) in [5.41, 5.74) is 0.882. The van der Waals surface area contributed by atoms with E-state index in [9.17, 15) is 5.11 Å². The van der Waals surface area contributed by atoms with Crippen LogP contribution in [0.2, 0.25) is 0 Å². The Hall–Kier alpha value is -0.900. The van der Waals surface area contributed by atoms with Crippen LogP contribution in [0.5, 0.6) is 0 Å². The van der Waals surface area contributed by atoms with Gasteiger partial charge in [-0.05, 0) is 25.1 Å². The fourth-order valence-electron chi connectivity index (χ4n) is 2.74. The fourth-order valence-corrected chi connectivity index (χ4v) is 2.74. The molecule has 1 aromatic rings. The van der Waals surface area contributed by atoms with Crippen molar-refractivity contribution in [3.63, 3.8) is 0 Å². The summed E-state index contributed by atoms with van der Waals surface area (Å²) < 4.78 is 0. The highest BCUT2D eigenvalue weighted by Crippen LogP contribution is 2.26. The predicted molar refractivity (Wildman–Crippen MR) is 85.9 cm³/mol. The molecular formula is C17H30N2O. The van der Waals surface area contributed by atoms with Crippen molar-refractivity contribution < 1.29 is 5.11 Å². The van der Waals surface area contributed by atoms with Crippen LogP contribution in [0.15, 0.2) is 30.3 Å². The van der Waals surface area contributed by atoms with Gasteiger partial charge in [-0.2, -0.15) is 0 Å². The number of rotatable bonds is 10. The van der Waals surface area contributed by atoms with Crippen molar-refractivity contribution in [1.82, 2.24) is 10.2 Å². The van der Waals surface area contributed by atoms with Crippen molar-refractivity contribution in [2.24, 2.45) is 0 Å². The van der Waals surface area contributed by atoms with Crippen molar-refractivity contribution in [3.05, 3.63) is 35.9 Å². The Morgan fingerprint density at radius 3 is 2.25 bits per heavy atom. The molecule has 2 N–H and O–H groups in total. The number of benzene rings is 1. The zero-order valence-electron chi connectivity index (χ0n) is 13.2. The molecule has 3 heteroatoms. The molecule has 1 atom stereocenters. The van der Waals surface area contributed by atoms with Gasteiger partial charge in [-0.1, -0.05) is 57.5 Å². The number of nitrogens with zero attached hydrogens (tertiary/aromatic N) is 1. The summed E-state index contributed by atoms with van der Waals surface area (Å²) in [7, 11) is 0. The molecular weight excluding hydrogens is 248 g/mol. The number of aliphatic hydroxyl groups excluding tert-OH is 1. The zero-order chi connectivity index (χ0) is 14.8. The third-order valence-electron chi connectivity index (χ3n) is 4.06. The van der Waals surface area contributed by atoms with Crippen LogP contribution < -0.4 is 5.32 Å².